The molecule has 0 saturated heterocycles. The van der Waals surface area contributed by atoms with Crippen molar-refractivity contribution in [2.45, 2.75) is 37.9 Å². The molecule has 5 rings (SSSR count). The Hall–Kier alpha value is -3.69. The highest BCUT2D eigenvalue weighted by atomic mass is 19.4. The van der Waals surface area contributed by atoms with Crippen LogP contribution >= 0.6 is 0 Å². The molecule has 0 radical (unpaired) electrons. The summed E-state index contributed by atoms with van der Waals surface area (Å²) in [6.45, 7) is 0.757. The highest BCUT2D eigenvalue weighted by molar-refractivity contribution is 5.67. The van der Waals surface area contributed by atoms with Crippen LogP contribution in [0.25, 0.3) is 22.6 Å². The highest BCUT2D eigenvalue weighted by Crippen LogP contribution is 2.36. The largest absolute Gasteiger partial charge is 0.497 e. The standard InChI is InChI=1S/C23H21F3N6O/c1-33-17-5-6-18-14(9-17)3-2-4-16(18)11-32-12-20(28-13-32)19-10-15(7-8-27-19)21-22(23(24,25)26)30-31-29-21/h5-10,12-13,16H,2-4,11H2,1H3,(H,29,30,31). The molecule has 0 aliphatic heterocycles. The Morgan fingerprint density at radius 1 is 1.15 bits per heavy atom. The zero-order chi connectivity index (χ0) is 23.0. The van der Waals surface area contributed by atoms with Crippen LogP contribution in [0.5, 0.6) is 5.75 Å². The monoisotopic (exact) mass is 454 g/mol. The number of aryl methyl sites for hydroxylation is 1. The van der Waals surface area contributed by atoms with Crippen LogP contribution in [-0.4, -0.2) is 37.1 Å². The van der Waals surface area contributed by atoms with Gasteiger partial charge < -0.3 is 9.30 Å². The maximum Gasteiger partial charge on any atom is 0.435 e. The molecule has 1 aromatic carbocycles. The molecule has 1 aliphatic carbocycles. The van der Waals surface area contributed by atoms with Gasteiger partial charge in [0, 0.05) is 30.4 Å². The number of aromatic nitrogens is 6. The summed E-state index contributed by atoms with van der Waals surface area (Å²) in [4.78, 5) is 8.74. The van der Waals surface area contributed by atoms with Gasteiger partial charge in [0.15, 0.2) is 5.69 Å². The molecule has 3 aromatic heterocycles. The Labute approximate surface area is 187 Å². The van der Waals surface area contributed by atoms with Crippen molar-refractivity contribution in [3.05, 3.63) is 65.9 Å². The molecule has 1 aliphatic rings. The number of benzene rings is 1. The number of methoxy groups -OCH3 is 1. The Morgan fingerprint density at radius 3 is 2.85 bits per heavy atom. The maximum atomic E-state index is 13.2. The fourth-order valence-electron chi connectivity index (χ4n) is 4.40. The summed E-state index contributed by atoms with van der Waals surface area (Å²) in [5.41, 5.74) is 2.70. The van der Waals surface area contributed by atoms with Gasteiger partial charge in [0.25, 0.3) is 0 Å². The number of nitrogens with one attached hydrogen (secondary N) is 1. The minimum atomic E-state index is -4.58. The van der Waals surface area contributed by atoms with E-state index in [1.165, 1.54) is 23.4 Å². The summed E-state index contributed by atoms with van der Waals surface area (Å²) in [7, 11) is 1.67. The molecular formula is C23H21F3N6O. The first kappa shape index (κ1) is 21.2. The molecule has 0 amide bonds. The lowest BCUT2D eigenvalue weighted by molar-refractivity contribution is -0.140. The number of alkyl halides is 3. The van der Waals surface area contributed by atoms with Gasteiger partial charge in [-0.3, -0.25) is 10.1 Å². The van der Waals surface area contributed by atoms with Crippen molar-refractivity contribution in [3.8, 4) is 28.4 Å². The number of halogens is 3. The smallest absolute Gasteiger partial charge is 0.435 e. The number of nitrogens with zero attached hydrogens (tertiary/aromatic N) is 5. The van der Waals surface area contributed by atoms with E-state index >= 15 is 0 Å². The zero-order valence-corrected chi connectivity index (χ0v) is 17.8. The quantitative estimate of drug-likeness (QED) is 0.465. The third kappa shape index (κ3) is 4.20. The van der Waals surface area contributed by atoms with Crippen LogP contribution in [0.3, 0.4) is 0 Å². The molecule has 1 atom stereocenters. The van der Waals surface area contributed by atoms with Crippen LogP contribution in [-0.2, 0) is 19.1 Å². The predicted molar refractivity (Wildman–Crippen MR) is 115 cm³/mol. The number of aromatic amines is 1. The maximum absolute atomic E-state index is 13.2. The molecule has 33 heavy (non-hydrogen) atoms. The summed E-state index contributed by atoms with van der Waals surface area (Å²) in [5, 5.41) is 8.87. The fraction of sp³-hybridized carbons (Fsp3) is 0.304. The van der Waals surface area contributed by atoms with E-state index < -0.39 is 11.9 Å². The predicted octanol–water partition coefficient (Wildman–Crippen LogP) is 4.88. The molecule has 3 heterocycles. The number of pyridine rings is 1. The van der Waals surface area contributed by atoms with E-state index in [1.807, 2.05) is 21.9 Å². The van der Waals surface area contributed by atoms with Crippen molar-refractivity contribution in [1.29, 1.82) is 0 Å². The van der Waals surface area contributed by atoms with Crippen molar-refractivity contribution in [2.75, 3.05) is 7.11 Å². The topological polar surface area (TPSA) is 81.5 Å². The van der Waals surface area contributed by atoms with Crippen LogP contribution < -0.4 is 4.74 Å². The van der Waals surface area contributed by atoms with E-state index in [-0.39, 0.29) is 11.3 Å². The van der Waals surface area contributed by atoms with Crippen molar-refractivity contribution < 1.29 is 17.9 Å². The van der Waals surface area contributed by atoms with Crippen LogP contribution in [0.1, 0.15) is 35.6 Å². The van der Waals surface area contributed by atoms with Crippen molar-refractivity contribution in [2.24, 2.45) is 0 Å². The van der Waals surface area contributed by atoms with Gasteiger partial charge in [0.05, 0.1) is 19.1 Å². The molecule has 4 aromatic rings. The molecule has 1 N–H and O–H groups in total. The zero-order valence-electron chi connectivity index (χ0n) is 17.8. The fourth-order valence-corrected chi connectivity index (χ4v) is 4.40. The summed E-state index contributed by atoms with van der Waals surface area (Å²) >= 11 is 0. The number of hydrogen-bond donors (Lipinski definition) is 1. The molecule has 10 heteroatoms. The summed E-state index contributed by atoms with van der Waals surface area (Å²) < 4.78 is 47.0. The second-order valence-corrected chi connectivity index (χ2v) is 8.07. The van der Waals surface area contributed by atoms with Gasteiger partial charge in [-0.1, -0.05) is 11.3 Å². The van der Waals surface area contributed by atoms with Crippen molar-refractivity contribution in [3.63, 3.8) is 0 Å². The number of fused-ring (bicyclic) bond motifs is 1. The first-order valence-corrected chi connectivity index (χ1v) is 10.6. The SMILES string of the molecule is COc1ccc2c(c1)CCCC2Cn1cnc(-c2cc(-c3nn[nH]c3C(F)(F)F)ccn2)c1. The van der Waals surface area contributed by atoms with E-state index in [9.17, 15) is 13.2 Å². The molecule has 7 nitrogen and oxygen atoms in total. The van der Waals surface area contributed by atoms with Gasteiger partial charge in [0.1, 0.15) is 17.1 Å². The molecule has 0 fully saturated rings. The number of H-pyrrole nitrogens is 1. The van der Waals surface area contributed by atoms with E-state index in [2.05, 4.69) is 32.4 Å². The van der Waals surface area contributed by atoms with Crippen LogP contribution in [0, 0.1) is 0 Å². The highest BCUT2D eigenvalue weighted by Gasteiger charge is 2.37. The summed E-state index contributed by atoms with van der Waals surface area (Å²) in [6.07, 6.45) is 3.70. The third-order valence-electron chi connectivity index (χ3n) is 5.98. The minimum absolute atomic E-state index is 0.264. The van der Waals surface area contributed by atoms with E-state index in [4.69, 9.17) is 4.74 Å². The first-order chi connectivity index (χ1) is 15.9. The normalized spacial score (nSPS) is 15.9. The van der Waals surface area contributed by atoms with Crippen molar-refractivity contribution in [1.82, 2.24) is 29.9 Å². The third-order valence-corrected chi connectivity index (χ3v) is 5.98. The summed E-state index contributed by atoms with van der Waals surface area (Å²) in [6, 6.07) is 9.25. The number of imidazole rings is 1. The minimum Gasteiger partial charge on any atom is -0.497 e. The average molecular weight is 454 g/mol. The van der Waals surface area contributed by atoms with Crippen LogP contribution in [0.15, 0.2) is 49.1 Å². The van der Waals surface area contributed by atoms with Crippen LogP contribution in [0.4, 0.5) is 13.2 Å². The average Bonchev–Trinajstić information content (AvgIpc) is 3.49. The second-order valence-electron chi connectivity index (χ2n) is 8.07. The number of hydrogen-bond acceptors (Lipinski definition) is 5. The van der Waals surface area contributed by atoms with E-state index in [0.717, 1.165) is 31.6 Å². The number of ether oxygens (including phenoxy) is 1. The van der Waals surface area contributed by atoms with E-state index in [0.29, 0.717) is 17.3 Å². The Morgan fingerprint density at radius 2 is 2.03 bits per heavy atom. The molecule has 0 saturated carbocycles. The molecular weight excluding hydrogens is 433 g/mol. The lowest BCUT2D eigenvalue weighted by Crippen LogP contribution is -2.15. The van der Waals surface area contributed by atoms with Gasteiger partial charge >= 0.3 is 6.18 Å². The Bertz CT molecular complexity index is 1280. The van der Waals surface area contributed by atoms with Gasteiger partial charge in [-0.25, -0.2) is 4.98 Å². The lowest BCUT2D eigenvalue weighted by atomic mass is 9.82. The van der Waals surface area contributed by atoms with Gasteiger partial charge in [0.2, 0.25) is 0 Å². The molecule has 0 spiro atoms. The van der Waals surface area contributed by atoms with Crippen molar-refractivity contribution >= 4 is 0 Å². The second kappa shape index (κ2) is 8.34. The lowest BCUT2D eigenvalue weighted by Gasteiger charge is -2.26. The number of rotatable bonds is 5. The first-order valence-electron chi connectivity index (χ1n) is 10.6. The van der Waals surface area contributed by atoms with E-state index in [1.54, 1.807) is 19.5 Å². The van der Waals surface area contributed by atoms with Gasteiger partial charge in [-0.2, -0.15) is 13.2 Å². The molecule has 170 valence electrons. The van der Waals surface area contributed by atoms with Gasteiger partial charge in [-0.05, 0) is 54.7 Å². The Kier molecular flexibility index (Phi) is 5.35. The molecule has 1 unspecified atom stereocenters. The van der Waals surface area contributed by atoms with Crippen LogP contribution in [0.2, 0.25) is 0 Å². The molecule has 0 bridgehead atoms. The van der Waals surface area contributed by atoms with Gasteiger partial charge in [-0.15, -0.1) is 5.10 Å². The summed E-state index contributed by atoms with van der Waals surface area (Å²) in [5.74, 6) is 1.22. The Balaban J connectivity index is 1.39.